The molecule has 0 radical (unpaired) electrons. The van der Waals surface area contributed by atoms with Crippen LogP contribution in [0.4, 0.5) is 0 Å². The van der Waals surface area contributed by atoms with E-state index >= 15 is 0 Å². The first-order valence-corrected chi connectivity index (χ1v) is 7.86. The molecule has 2 fully saturated rings. The summed E-state index contributed by atoms with van der Waals surface area (Å²) in [5.41, 5.74) is 0.461. The minimum Gasteiger partial charge on any atom is -0.496 e. The van der Waals surface area contributed by atoms with Gasteiger partial charge in [-0.15, -0.1) is 0 Å². The summed E-state index contributed by atoms with van der Waals surface area (Å²) in [6.07, 6.45) is 2.30. The van der Waals surface area contributed by atoms with Gasteiger partial charge in [0.15, 0.2) is 0 Å². The molecule has 2 aliphatic rings. The number of amides is 1. The summed E-state index contributed by atoms with van der Waals surface area (Å²) < 4.78 is 11.1. The summed E-state index contributed by atoms with van der Waals surface area (Å²) in [5, 5.41) is 10.4. The molecule has 2 aliphatic heterocycles. The van der Waals surface area contributed by atoms with Gasteiger partial charge in [0.2, 0.25) is 5.91 Å². The number of rotatable bonds is 3. The Hall–Kier alpha value is -1.59. The summed E-state index contributed by atoms with van der Waals surface area (Å²) >= 11 is 0. The largest absolute Gasteiger partial charge is 0.496 e. The molecule has 2 saturated heterocycles. The van der Waals surface area contributed by atoms with Crippen LogP contribution in [0.15, 0.2) is 24.3 Å². The van der Waals surface area contributed by atoms with Gasteiger partial charge >= 0.3 is 0 Å². The Morgan fingerprint density at radius 3 is 2.95 bits per heavy atom. The Bertz CT molecular complexity index is 539. The average Bonchev–Trinajstić information content (AvgIpc) is 3.00. The second-order valence-electron chi connectivity index (χ2n) is 6.11. The molecule has 1 aromatic carbocycles. The van der Waals surface area contributed by atoms with Crippen LogP contribution in [0.5, 0.6) is 5.75 Å². The molecule has 0 aromatic heterocycles. The summed E-state index contributed by atoms with van der Waals surface area (Å²) in [4.78, 5) is 14.2. The van der Waals surface area contributed by atoms with E-state index in [-0.39, 0.29) is 5.91 Å². The Balaban J connectivity index is 1.64. The number of likely N-dealkylation sites (tertiary alicyclic amines) is 1. The molecular weight excluding hydrogens is 282 g/mol. The van der Waals surface area contributed by atoms with E-state index in [2.05, 4.69) is 0 Å². The molecule has 1 N–H and O–H groups in total. The maximum Gasteiger partial charge on any atom is 0.227 e. The number of ether oxygens (including phenoxy) is 2. The molecule has 22 heavy (non-hydrogen) atoms. The van der Waals surface area contributed by atoms with Crippen LogP contribution in [0.25, 0.3) is 0 Å². The third kappa shape index (κ3) is 2.83. The fourth-order valence-electron chi connectivity index (χ4n) is 3.49. The van der Waals surface area contributed by atoms with Crippen LogP contribution >= 0.6 is 0 Å². The first kappa shape index (κ1) is 15.3. The van der Waals surface area contributed by atoms with Gasteiger partial charge < -0.3 is 19.5 Å². The Labute approximate surface area is 130 Å². The number of carbonyl (C=O) groups is 1. The van der Waals surface area contributed by atoms with Crippen molar-refractivity contribution in [2.24, 2.45) is 0 Å². The van der Waals surface area contributed by atoms with Crippen LogP contribution < -0.4 is 4.74 Å². The lowest BCUT2D eigenvalue weighted by Gasteiger charge is -2.42. The van der Waals surface area contributed by atoms with E-state index in [1.54, 1.807) is 12.0 Å². The van der Waals surface area contributed by atoms with Gasteiger partial charge in [0.05, 0.1) is 19.1 Å². The second kappa shape index (κ2) is 6.26. The first-order chi connectivity index (χ1) is 10.6. The quantitative estimate of drug-likeness (QED) is 0.916. The highest BCUT2D eigenvalue weighted by Crippen LogP contribution is 2.36. The normalized spacial score (nSPS) is 28.1. The number of β-amino-alcohol motifs (C(OH)–C–C–N with tert-alkyl or cyclic N) is 1. The molecular formula is C17H23NO4. The highest BCUT2D eigenvalue weighted by atomic mass is 16.5. The van der Waals surface area contributed by atoms with Crippen molar-refractivity contribution < 1.29 is 19.4 Å². The third-order valence-corrected chi connectivity index (χ3v) is 4.83. The minimum absolute atomic E-state index is 0.0244. The Kier molecular flexibility index (Phi) is 4.36. The SMILES string of the molecule is COc1ccccc1CC(=O)N1CC[C@@]2(CCCO2)[C@@H](O)C1. The molecule has 120 valence electrons. The number of aliphatic hydroxyl groups excluding tert-OH is 1. The number of nitrogens with zero attached hydrogens (tertiary/aromatic N) is 1. The van der Waals surface area contributed by atoms with Gasteiger partial charge in [0.25, 0.3) is 0 Å². The Morgan fingerprint density at radius 2 is 2.27 bits per heavy atom. The molecule has 5 nitrogen and oxygen atoms in total. The van der Waals surface area contributed by atoms with E-state index in [0.29, 0.717) is 32.5 Å². The van der Waals surface area contributed by atoms with Gasteiger partial charge in [0.1, 0.15) is 11.9 Å². The molecule has 0 bridgehead atoms. The molecule has 0 aliphatic carbocycles. The summed E-state index contributed by atoms with van der Waals surface area (Å²) in [7, 11) is 1.61. The second-order valence-corrected chi connectivity index (χ2v) is 6.11. The van der Waals surface area contributed by atoms with Gasteiger partial charge in [-0.2, -0.15) is 0 Å². The molecule has 2 atom stereocenters. The average molecular weight is 305 g/mol. The molecule has 2 heterocycles. The first-order valence-electron chi connectivity index (χ1n) is 7.86. The minimum atomic E-state index is -0.592. The molecule has 1 spiro atoms. The highest BCUT2D eigenvalue weighted by Gasteiger charge is 2.46. The van der Waals surface area contributed by atoms with Crippen molar-refractivity contribution >= 4 is 5.91 Å². The van der Waals surface area contributed by atoms with Crippen LogP contribution in [0.2, 0.25) is 0 Å². The van der Waals surface area contributed by atoms with Crippen molar-refractivity contribution in [3.63, 3.8) is 0 Å². The molecule has 1 aromatic rings. The van der Waals surface area contributed by atoms with Crippen molar-refractivity contribution in [1.29, 1.82) is 0 Å². The summed E-state index contributed by atoms with van der Waals surface area (Å²) in [6.45, 7) is 1.71. The molecule has 0 saturated carbocycles. The van der Waals surface area contributed by atoms with Crippen molar-refractivity contribution in [2.45, 2.75) is 37.4 Å². The number of benzene rings is 1. The maximum absolute atomic E-state index is 12.5. The van der Waals surface area contributed by atoms with E-state index < -0.39 is 11.7 Å². The number of methoxy groups -OCH3 is 1. The molecule has 0 unspecified atom stereocenters. The van der Waals surface area contributed by atoms with Crippen molar-refractivity contribution in [1.82, 2.24) is 4.90 Å². The van der Waals surface area contributed by atoms with Crippen molar-refractivity contribution in [2.75, 3.05) is 26.8 Å². The predicted octanol–water partition coefficient (Wildman–Crippen LogP) is 1.38. The maximum atomic E-state index is 12.5. The fourth-order valence-corrected chi connectivity index (χ4v) is 3.49. The zero-order valence-corrected chi connectivity index (χ0v) is 13.0. The number of piperidine rings is 1. The number of hydrogen-bond acceptors (Lipinski definition) is 4. The van der Waals surface area contributed by atoms with E-state index in [1.807, 2.05) is 24.3 Å². The number of para-hydroxylation sites is 1. The topological polar surface area (TPSA) is 59.0 Å². The Morgan fingerprint density at radius 1 is 1.45 bits per heavy atom. The van der Waals surface area contributed by atoms with Crippen LogP contribution in [-0.2, 0) is 16.0 Å². The third-order valence-electron chi connectivity index (χ3n) is 4.83. The number of carbonyl (C=O) groups excluding carboxylic acids is 1. The van der Waals surface area contributed by atoms with Gasteiger partial charge in [-0.25, -0.2) is 0 Å². The predicted molar refractivity (Wildman–Crippen MR) is 81.8 cm³/mol. The lowest BCUT2D eigenvalue weighted by Crippen LogP contribution is -2.56. The summed E-state index contributed by atoms with van der Waals surface area (Å²) in [5.74, 6) is 0.750. The van der Waals surface area contributed by atoms with E-state index in [4.69, 9.17) is 9.47 Å². The smallest absolute Gasteiger partial charge is 0.227 e. The lowest BCUT2D eigenvalue weighted by molar-refractivity contribution is -0.151. The van der Waals surface area contributed by atoms with Gasteiger partial charge in [-0.1, -0.05) is 18.2 Å². The molecule has 5 heteroatoms. The van der Waals surface area contributed by atoms with Crippen LogP contribution in [0, 0.1) is 0 Å². The van der Waals surface area contributed by atoms with Gasteiger partial charge in [-0.05, 0) is 25.3 Å². The van der Waals surface area contributed by atoms with E-state index in [9.17, 15) is 9.90 Å². The number of hydrogen-bond donors (Lipinski definition) is 1. The fraction of sp³-hybridized carbons (Fsp3) is 0.588. The van der Waals surface area contributed by atoms with E-state index in [1.165, 1.54) is 0 Å². The van der Waals surface area contributed by atoms with Crippen LogP contribution in [0.1, 0.15) is 24.8 Å². The van der Waals surface area contributed by atoms with Crippen LogP contribution in [0.3, 0.4) is 0 Å². The van der Waals surface area contributed by atoms with Crippen molar-refractivity contribution in [3.05, 3.63) is 29.8 Å². The van der Waals surface area contributed by atoms with Gasteiger partial charge in [0, 0.05) is 25.3 Å². The number of aliphatic hydroxyl groups is 1. The van der Waals surface area contributed by atoms with E-state index in [0.717, 1.165) is 24.2 Å². The summed E-state index contributed by atoms with van der Waals surface area (Å²) in [6, 6.07) is 7.55. The zero-order chi connectivity index (χ0) is 15.6. The van der Waals surface area contributed by atoms with Crippen molar-refractivity contribution in [3.8, 4) is 5.75 Å². The lowest BCUT2D eigenvalue weighted by atomic mass is 9.86. The monoisotopic (exact) mass is 305 g/mol. The molecule has 3 rings (SSSR count). The highest BCUT2D eigenvalue weighted by molar-refractivity contribution is 5.79. The molecule has 1 amide bonds. The van der Waals surface area contributed by atoms with Crippen LogP contribution in [-0.4, -0.2) is 54.4 Å². The zero-order valence-electron chi connectivity index (χ0n) is 13.0. The van der Waals surface area contributed by atoms with Gasteiger partial charge in [-0.3, -0.25) is 4.79 Å². The standard InChI is InChI=1S/C17H23NO4/c1-21-14-6-3-2-5-13(14)11-16(20)18-9-8-17(15(19)12-18)7-4-10-22-17/h2-3,5-6,15,19H,4,7-12H2,1H3/t15-,17-/m0/s1.